The van der Waals surface area contributed by atoms with Gasteiger partial charge in [-0.3, -0.25) is 4.79 Å². The zero-order valence-electron chi connectivity index (χ0n) is 10.9. The zero-order valence-corrected chi connectivity index (χ0v) is 11.7. The van der Waals surface area contributed by atoms with E-state index in [9.17, 15) is 4.79 Å². The maximum atomic E-state index is 12.1. The van der Waals surface area contributed by atoms with Crippen molar-refractivity contribution >= 4 is 17.2 Å². The Bertz CT molecular complexity index is 626. The van der Waals surface area contributed by atoms with Crippen LogP contribution in [0.25, 0.3) is 0 Å². The number of hydrogen-bond donors (Lipinski definition) is 2. The molecule has 0 aliphatic rings. The Hall–Kier alpha value is -2.16. The summed E-state index contributed by atoms with van der Waals surface area (Å²) in [5.74, 6) is 5.39. The van der Waals surface area contributed by atoms with Crippen LogP contribution in [0.3, 0.4) is 0 Å². The molecular formula is C15H15N3OS. The summed E-state index contributed by atoms with van der Waals surface area (Å²) < 4.78 is 0. The Morgan fingerprint density at radius 2 is 2.30 bits per heavy atom. The number of nitrogens with one attached hydrogen (secondary N) is 1. The standard InChI is InChI=1S/C15H15N3OS/c16-8-1-4-12-5-2-9-17-14(12)15(19)18-10-7-13-6-3-11-20-13/h2-3,5-6,9,11H,7-8,10,16H2,(H,18,19). The monoisotopic (exact) mass is 285 g/mol. The molecule has 3 N–H and O–H groups in total. The van der Waals surface area contributed by atoms with Crippen LogP contribution >= 0.6 is 11.3 Å². The van der Waals surface area contributed by atoms with E-state index in [2.05, 4.69) is 28.2 Å². The molecule has 2 heterocycles. The minimum atomic E-state index is -0.205. The van der Waals surface area contributed by atoms with Crippen LogP contribution in [0.4, 0.5) is 0 Å². The molecule has 2 aromatic rings. The van der Waals surface area contributed by atoms with E-state index >= 15 is 0 Å². The predicted octanol–water partition coefficient (Wildman–Crippen LogP) is 1.43. The number of aromatic nitrogens is 1. The lowest BCUT2D eigenvalue weighted by atomic mass is 10.2. The lowest BCUT2D eigenvalue weighted by Gasteiger charge is -2.05. The molecule has 1 amide bonds. The van der Waals surface area contributed by atoms with E-state index in [1.807, 2.05) is 11.4 Å². The van der Waals surface area contributed by atoms with Gasteiger partial charge < -0.3 is 11.1 Å². The number of nitrogens with zero attached hydrogens (tertiary/aromatic N) is 1. The molecule has 0 radical (unpaired) electrons. The highest BCUT2D eigenvalue weighted by atomic mass is 32.1. The summed E-state index contributed by atoms with van der Waals surface area (Å²) in [6.45, 7) is 0.841. The molecule has 0 aliphatic heterocycles. The van der Waals surface area contributed by atoms with E-state index in [1.165, 1.54) is 4.88 Å². The van der Waals surface area contributed by atoms with Crippen molar-refractivity contribution in [1.82, 2.24) is 10.3 Å². The van der Waals surface area contributed by atoms with E-state index in [4.69, 9.17) is 5.73 Å². The van der Waals surface area contributed by atoms with Gasteiger partial charge in [0.1, 0.15) is 5.69 Å². The number of pyridine rings is 1. The number of nitrogens with two attached hydrogens (primary N) is 1. The first-order valence-corrected chi connectivity index (χ1v) is 7.14. The van der Waals surface area contributed by atoms with Gasteiger partial charge in [-0.1, -0.05) is 17.9 Å². The molecule has 0 aliphatic carbocycles. The van der Waals surface area contributed by atoms with Crippen LogP contribution in [-0.2, 0) is 6.42 Å². The molecule has 20 heavy (non-hydrogen) atoms. The number of carbonyl (C=O) groups is 1. The van der Waals surface area contributed by atoms with Crippen molar-refractivity contribution in [2.75, 3.05) is 13.1 Å². The molecule has 0 fully saturated rings. The zero-order chi connectivity index (χ0) is 14.2. The van der Waals surface area contributed by atoms with Crippen molar-refractivity contribution in [1.29, 1.82) is 0 Å². The third-order valence-corrected chi connectivity index (χ3v) is 3.52. The van der Waals surface area contributed by atoms with Crippen molar-refractivity contribution in [3.63, 3.8) is 0 Å². The Balaban J connectivity index is 1.98. The molecule has 0 spiro atoms. The van der Waals surface area contributed by atoms with Crippen LogP contribution in [-0.4, -0.2) is 24.0 Å². The Morgan fingerprint density at radius 1 is 1.40 bits per heavy atom. The topological polar surface area (TPSA) is 68.0 Å². The smallest absolute Gasteiger partial charge is 0.271 e. The SMILES string of the molecule is NCC#Cc1cccnc1C(=O)NCCc1cccs1. The molecule has 4 nitrogen and oxygen atoms in total. The maximum Gasteiger partial charge on any atom is 0.271 e. The molecule has 5 heteroatoms. The van der Waals surface area contributed by atoms with E-state index < -0.39 is 0 Å². The number of carbonyl (C=O) groups excluding carboxylic acids is 1. The quantitative estimate of drug-likeness (QED) is 0.835. The lowest BCUT2D eigenvalue weighted by molar-refractivity contribution is 0.0949. The van der Waals surface area contributed by atoms with Crippen LogP contribution in [0, 0.1) is 11.8 Å². The van der Waals surface area contributed by atoms with Crippen molar-refractivity contribution in [2.45, 2.75) is 6.42 Å². The number of hydrogen-bond acceptors (Lipinski definition) is 4. The fraction of sp³-hybridized carbons (Fsp3) is 0.200. The second-order valence-electron chi connectivity index (χ2n) is 3.99. The molecule has 0 unspecified atom stereocenters. The van der Waals surface area contributed by atoms with Crippen LogP contribution in [0.5, 0.6) is 0 Å². The minimum Gasteiger partial charge on any atom is -0.350 e. The van der Waals surface area contributed by atoms with Gasteiger partial charge in [-0.2, -0.15) is 0 Å². The van der Waals surface area contributed by atoms with Gasteiger partial charge in [0, 0.05) is 17.6 Å². The average molecular weight is 285 g/mol. The molecule has 0 saturated carbocycles. The highest BCUT2D eigenvalue weighted by molar-refractivity contribution is 7.09. The summed E-state index contributed by atoms with van der Waals surface area (Å²) >= 11 is 1.68. The number of amides is 1. The fourth-order valence-corrected chi connectivity index (χ4v) is 2.38. The maximum absolute atomic E-state index is 12.1. The highest BCUT2D eigenvalue weighted by Crippen LogP contribution is 2.08. The van der Waals surface area contributed by atoms with Crippen LogP contribution in [0.15, 0.2) is 35.8 Å². The lowest BCUT2D eigenvalue weighted by Crippen LogP contribution is -2.27. The van der Waals surface area contributed by atoms with Gasteiger partial charge in [0.2, 0.25) is 0 Å². The second-order valence-corrected chi connectivity index (χ2v) is 5.02. The number of thiophene rings is 1. The average Bonchev–Trinajstić information content (AvgIpc) is 2.98. The first-order chi connectivity index (χ1) is 9.81. The van der Waals surface area contributed by atoms with E-state index in [-0.39, 0.29) is 12.5 Å². The van der Waals surface area contributed by atoms with Crippen molar-refractivity contribution < 1.29 is 4.79 Å². The van der Waals surface area contributed by atoms with Crippen LogP contribution in [0.1, 0.15) is 20.9 Å². The third kappa shape index (κ3) is 3.92. The van der Waals surface area contributed by atoms with Crippen LogP contribution < -0.4 is 11.1 Å². The van der Waals surface area contributed by atoms with Gasteiger partial charge >= 0.3 is 0 Å². The summed E-state index contributed by atoms with van der Waals surface area (Å²) in [4.78, 5) is 17.4. The molecule has 0 atom stereocenters. The van der Waals surface area contributed by atoms with Gasteiger partial charge in [-0.05, 0) is 30.0 Å². The van der Waals surface area contributed by atoms with Gasteiger partial charge in [0.05, 0.1) is 12.1 Å². The second kappa shape index (κ2) is 7.43. The van der Waals surface area contributed by atoms with Gasteiger partial charge in [-0.25, -0.2) is 4.98 Å². The summed E-state index contributed by atoms with van der Waals surface area (Å²) in [5, 5.41) is 4.88. The highest BCUT2D eigenvalue weighted by Gasteiger charge is 2.10. The number of rotatable bonds is 4. The molecule has 2 rings (SSSR count). The Kier molecular flexibility index (Phi) is 5.30. The molecule has 0 saturated heterocycles. The van der Waals surface area contributed by atoms with Crippen molar-refractivity contribution in [2.24, 2.45) is 5.73 Å². The third-order valence-electron chi connectivity index (χ3n) is 2.58. The largest absolute Gasteiger partial charge is 0.350 e. The molecule has 0 bridgehead atoms. The summed E-state index contributed by atoms with van der Waals surface area (Å²) in [5.41, 5.74) is 6.29. The van der Waals surface area contributed by atoms with E-state index in [0.717, 1.165) is 6.42 Å². The normalized spacial score (nSPS) is 9.65. The van der Waals surface area contributed by atoms with Gasteiger partial charge in [-0.15, -0.1) is 11.3 Å². The summed E-state index contributed by atoms with van der Waals surface area (Å²) in [7, 11) is 0. The van der Waals surface area contributed by atoms with E-state index in [1.54, 1.807) is 29.7 Å². The first kappa shape index (κ1) is 14.3. The molecular weight excluding hydrogens is 270 g/mol. The van der Waals surface area contributed by atoms with Crippen molar-refractivity contribution in [3.8, 4) is 11.8 Å². The molecule has 102 valence electrons. The Labute approximate surface area is 122 Å². The van der Waals surface area contributed by atoms with Crippen molar-refractivity contribution in [3.05, 3.63) is 52.0 Å². The first-order valence-electron chi connectivity index (χ1n) is 6.26. The predicted molar refractivity (Wildman–Crippen MR) is 80.5 cm³/mol. The summed E-state index contributed by atoms with van der Waals surface area (Å²) in [6, 6.07) is 7.57. The van der Waals surface area contributed by atoms with Gasteiger partial charge in [0.15, 0.2) is 0 Å². The fourth-order valence-electron chi connectivity index (χ4n) is 1.67. The Morgan fingerprint density at radius 3 is 3.05 bits per heavy atom. The van der Waals surface area contributed by atoms with Crippen LogP contribution in [0.2, 0.25) is 0 Å². The minimum absolute atomic E-state index is 0.205. The summed E-state index contributed by atoms with van der Waals surface area (Å²) in [6.07, 6.45) is 2.40. The molecule has 0 aromatic carbocycles. The molecule has 2 aromatic heterocycles. The van der Waals surface area contributed by atoms with Gasteiger partial charge in [0.25, 0.3) is 5.91 Å². The van der Waals surface area contributed by atoms with E-state index in [0.29, 0.717) is 17.8 Å².